The molecule has 1 aliphatic rings. The van der Waals surface area contributed by atoms with Crippen LogP contribution in [0.2, 0.25) is 0 Å². The molecular formula is C23H28N6O6. The Morgan fingerprint density at radius 1 is 1.00 bits per heavy atom. The third-order valence-electron chi connectivity index (χ3n) is 5.51. The fourth-order valence-electron chi connectivity index (χ4n) is 3.75. The molecule has 12 nitrogen and oxygen atoms in total. The second-order valence-electron chi connectivity index (χ2n) is 8.78. The number of nitrogens with zero attached hydrogens (tertiary/aromatic N) is 4. The van der Waals surface area contributed by atoms with Crippen LogP contribution in [0.3, 0.4) is 0 Å². The fourth-order valence-corrected chi connectivity index (χ4v) is 3.75. The van der Waals surface area contributed by atoms with Gasteiger partial charge >= 0.3 is 17.8 Å². The Labute approximate surface area is 201 Å². The van der Waals surface area contributed by atoms with Crippen molar-refractivity contribution >= 4 is 29.6 Å². The minimum absolute atomic E-state index is 0.0451. The number of piperazine rings is 1. The van der Waals surface area contributed by atoms with Crippen LogP contribution in [0, 0.1) is 0 Å². The van der Waals surface area contributed by atoms with Crippen molar-refractivity contribution in [3.8, 4) is 5.69 Å². The summed E-state index contributed by atoms with van der Waals surface area (Å²) >= 11 is 0. The molecule has 0 saturated carbocycles. The number of carboxylic acid groups (broad SMARTS) is 1. The number of hydrogen-bond donors (Lipinski definition) is 3. The lowest BCUT2D eigenvalue weighted by Gasteiger charge is -2.38. The molecular weight excluding hydrogens is 456 g/mol. The highest BCUT2D eigenvalue weighted by molar-refractivity contribution is 5.90. The zero-order valence-corrected chi connectivity index (χ0v) is 19.8. The van der Waals surface area contributed by atoms with E-state index in [1.54, 1.807) is 24.3 Å². The first-order valence-electron chi connectivity index (χ1n) is 11.0. The van der Waals surface area contributed by atoms with E-state index in [9.17, 15) is 24.0 Å². The number of Topliss-reactive ketones (excluding diaryl/α,β-unsaturated/α-hetero) is 1. The van der Waals surface area contributed by atoms with E-state index >= 15 is 0 Å². The Morgan fingerprint density at radius 2 is 1.60 bits per heavy atom. The van der Waals surface area contributed by atoms with Gasteiger partial charge in [-0.25, -0.2) is 14.4 Å². The van der Waals surface area contributed by atoms with E-state index in [2.05, 4.69) is 15.6 Å². The van der Waals surface area contributed by atoms with Crippen LogP contribution in [-0.2, 0) is 16.0 Å². The molecule has 35 heavy (non-hydrogen) atoms. The molecule has 2 heterocycles. The fraction of sp³-hybridized carbons (Fsp3) is 0.391. The zero-order chi connectivity index (χ0) is 25.8. The van der Waals surface area contributed by atoms with Crippen LogP contribution in [0.1, 0.15) is 26.3 Å². The number of amides is 4. The molecule has 1 aromatic carbocycles. The Balaban J connectivity index is 1.58. The quantitative estimate of drug-likeness (QED) is 0.554. The predicted octanol–water partition coefficient (Wildman–Crippen LogP) is 1.09. The van der Waals surface area contributed by atoms with E-state index in [0.29, 0.717) is 12.1 Å². The van der Waals surface area contributed by atoms with Crippen molar-refractivity contribution < 1.29 is 24.3 Å². The second-order valence-corrected chi connectivity index (χ2v) is 8.78. The molecule has 4 amide bonds. The highest BCUT2D eigenvalue weighted by Crippen LogP contribution is 2.13. The number of carbonyl (C=O) groups is 4. The maximum absolute atomic E-state index is 12.6. The van der Waals surface area contributed by atoms with Crippen LogP contribution in [-0.4, -0.2) is 80.0 Å². The summed E-state index contributed by atoms with van der Waals surface area (Å²) in [7, 11) is 0. The first-order chi connectivity index (χ1) is 16.5. The zero-order valence-electron chi connectivity index (χ0n) is 19.8. The minimum Gasteiger partial charge on any atom is -0.465 e. The van der Waals surface area contributed by atoms with Crippen molar-refractivity contribution in [3.05, 3.63) is 52.6 Å². The van der Waals surface area contributed by atoms with Gasteiger partial charge in [0.2, 0.25) is 5.91 Å². The molecule has 0 radical (unpaired) electrons. The maximum Gasteiger partial charge on any atom is 0.405 e. The SMILES string of the molecule is CC(=O)Cc1ccc(-n2ccc(NC(=O)N3CCN(C(=O)C(C)(C)NC(=O)O)CC3)nc2=O)cc1. The molecule has 12 heteroatoms. The van der Waals surface area contributed by atoms with Gasteiger partial charge in [0, 0.05) is 38.8 Å². The summed E-state index contributed by atoms with van der Waals surface area (Å²) in [6.45, 7) is 5.44. The number of benzene rings is 1. The molecule has 2 aromatic rings. The second kappa shape index (κ2) is 10.4. The lowest BCUT2D eigenvalue weighted by atomic mass is 10.0. The first-order valence-corrected chi connectivity index (χ1v) is 11.0. The minimum atomic E-state index is -1.29. The Morgan fingerprint density at radius 3 is 2.14 bits per heavy atom. The van der Waals surface area contributed by atoms with E-state index in [1.807, 2.05) is 0 Å². The van der Waals surface area contributed by atoms with Crippen molar-refractivity contribution in [1.29, 1.82) is 0 Å². The summed E-state index contributed by atoms with van der Waals surface area (Å²) in [4.78, 5) is 66.8. The van der Waals surface area contributed by atoms with Crippen molar-refractivity contribution in [1.82, 2.24) is 24.7 Å². The smallest absolute Gasteiger partial charge is 0.405 e. The Kier molecular flexibility index (Phi) is 7.52. The average molecular weight is 485 g/mol. The molecule has 0 spiro atoms. The van der Waals surface area contributed by atoms with Crippen molar-refractivity contribution in [2.24, 2.45) is 0 Å². The summed E-state index contributed by atoms with van der Waals surface area (Å²) in [5.74, 6) is -0.238. The number of carbonyl (C=O) groups excluding carboxylic acids is 3. The molecule has 186 valence electrons. The molecule has 0 atom stereocenters. The monoisotopic (exact) mass is 484 g/mol. The normalized spacial score (nSPS) is 13.8. The Bertz CT molecular complexity index is 1180. The molecule has 1 aliphatic heterocycles. The van der Waals surface area contributed by atoms with Gasteiger partial charge < -0.3 is 20.2 Å². The van der Waals surface area contributed by atoms with Gasteiger partial charge in [-0.05, 0) is 44.5 Å². The summed E-state index contributed by atoms with van der Waals surface area (Å²) in [5, 5.41) is 13.7. The predicted molar refractivity (Wildman–Crippen MR) is 127 cm³/mol. The molecule has 0 bridgehead atoms. The highest BCUT2D eigenvalue weighted by atomic mass is 16.4. The van der Waals surface area contributed by atoms with Crippen LogP contribution >= 0.6 is 0 Å². The third kappa shape index (κ3) is 6.43. The van der Waals surface area contributed by atoms with E-state index in [1.165, 1.54) is 47.4 Å². The summed E-state index contributed by atoms with van der Waals surface area (Å²) in [6.07, 6.45) is 0.525. The molecule has 1 aromatic heterocycles. The van der Waals surface area contributed by atoms with Crippen molar-refractivity contribution in [3.63, 3.8) is 0 Å². The lowest BCUT2D eigenvalue weighted by Crippen LogP contribution is -2.60. The van der Waals surface area contributed by atoms with Crippen LogP contribution < -0.4 is 16.3 Å². The largest absolute Gasteiger partial charge is 0.465 e. The number of nitrogens with one attached hydrogen (secondary N) is 2. The van der Waals surface area contributed by atoms with Gasteiger partial charge in [0.15, 0.2) is 0 Å². The molecule has 0 aliphatic carbocycles. The molecule has 0 unspecified atom stereocenters. The maximum atomic E-state index is 12.6. The van der Waals surface area contributed by atoms with Crippen LogP contribution in [0.4, 0.5) is 15.4 Å². The highest BCUT2D eigenvalue weighted by Gasteiger charge is 2.35. The van der Waals surface area contributed by atoms with Gasteiger partial charge in [0.05, 0.1) is 5.69 Å². The van der Waals surface area contributed by atoms with Crippen LogP contribution in [0.5, 0.6) is 0 Å². The van der Waals surface area contributed by atoms with E-state index in [-0.39, 0.29) is 43.7 Å². The first kappa shape index (κ1) is 25.4. The van der Waals surface area contributed by atoms with E-state index < -0.39 is 23.4 Å². The van der Waals surface area contributed by atoms with E-state index in [4.69, 9.17) is 5.11 Å². The van der Waals surface area contributed by atoms with E-state index in [0.717, 1.165) is 5.56 Å². The van der Waals surface area contributed by atoms with Gasteiger partial charge in [-0.1, -0.05) is 12.1 Å². The topological polar surface area (TPSA) is 154 Å². The number of urea groups is 1. The lowest BCUT2D eigenvalue weighted by molar-refractivity contribution is -0.138. The van der Waals surface area contributed by atoms with Gasteiger partial charge in [-0.2, -0.15) is 4.98 Å². The number of anilines is 1. The molecule has 3 rings (SSSR count). The summed E-state index contributed by atoms with van der Waals surface area (Å²) < 4.78 is 1.32. The number of ketones is 1. The molecule has 3 N–H and O–H groups in total. The van der Waals surface area contributed by atoms with Gasteiger partial charge in [-0.3, -0.25) is 19.5 Å². The number of aromatic nitrogens is 2. The van der Waals surface area contributed by atoms with Gasteiger partial charge in [0.1, 0.15) is 17.1 Å². The standard InChI is InChI=1S/C23H28N6O6/c1-15(30)14-16-4-6-17(7-5-16)29-9-8-18(25-21(29)33)24-20(32)28-12-10-27(11-13-28)19(31)23(2,3)26-22(34)35/h4-9,26H,10-14H2,1-3H3,(H,34,35)(H,24,25,32,33). The summed E-state index contributed by atoms with van der Waals surface area (Å²) in [5.41, 5.74) is -0.438. The Hall–Kier alpha value is -4.22. The van der Waals surface area contributed by atoms with Crippen LogP contribution in [0.25, 0.3) is 5.69 Å². The number of rotatable bonds is 6. The molecule has 1 fully saturated rings. The van der Waals surface area contributed by atoms with Crippen molar-refractivity contribution in [2.75, 3.05) is 31.5 Å². The average Bonchev–Trinajstić information content (AvgIpc) is 2.78. The van der Waals surface area contributed by atoms with Crippen molar-refractivity contribution in [2.45, 2.75) is 32.7 Å². The number of hydrogen-bond acceptors (Lipinski definition) is 6. The van der Waals surface area contributed by atoms with Crippen LogP contribution in [0.15, 0.2) is 41.3 Å². The molecule has 1 saturated heterocycles. The van der Waals surface area contributed by atoms with Gasteiger partial charge in [0.25, 0.3) is 0 Å². The third-order valence-corrected chi connectivity index (χ3v) is 5.51. The van der Waals surface area contributed by atoms with Gasteiger partial charge in [-0.15, -0.1) is 0 Å². The summed E-state index contributed by atoms with van der Waals surface area (Å²) in [6, 6.07) is 8.01.